The molecule has 0 aliphatic rings. The van der Waals surface area contributed by atoms with Gasteiger partial charge in [-0.1, -0.05) is 263 Å². The van der Waals surface area contributed by atoms with Crippen molar-refractivity contribution in [2.75, 3.05) is 13.2 Å². The van der Waals surface area contributed by atoms with Crippen molar-refractivity contribution in [2.45, 2.75) is 315 Å². The highest BCUT2D eigenvalue weighted by atomic mass is 16.5. The third-order valence-corrected chi connectivity index (χ3v) is 13.0. The first kappa shape index (κ1) is 61.3. The molecule has 63 heavy (non-hydrogen) atoms. The van der Waals surface area contributed by atoms with Crippen LogP contribution >= 0.6 is 0 Å². The highest BCUT2D eigenvalue weighted by Crippen LogP contribution is 2.17. The minimum absolute atomic E-state index is 0.0113. The van der Waals surface area contributed by atoms with Crippen LogP contribution in [0.3, 0.4) is 0 Å². The summed E-state index contributed by atoms with van der Waals surface area (Å²) in [6, 6.07) is -0.635. The van der Waals surface area contributed by atoms with E-state index in [1.54, 1.807) is 6.08 Å². The number of hydrogen-bond acceptors (Lipinski definition) is 5. The quantitative estimate of drug-likeness (QED) is 0.0321. The molecule has 0 aliphatic carbocycles. The summed E-state index contributed by atoms with van der Waals surface area (Å²) in [5.74, 6) is -0.0860. The summed E-state index contributed by atoms with van der Waals surface area (Å²) in [7, 11) is 0. The minimum Gasteiger partial charge on any atom is -0.466 e. The van der Waals surface area contributed by atoms with E-state index in [1.165, 1.54) is 225 Å². The molecule has 0 radical (unpaired) electrons. The van der Waals surface area contributed by atoms with E-state index < -0.39 is 12.1 Å². The maximum Gasteiger partial charge on any atom is 0.305 e. The Morgan fingerprint density at radius 1 is 0.429 bits per heavy atom. The summed E-state index contributed by atoms with van der Waals surface area (Å²) < 4.78 is 5.45. The molecule has 0 heterocycles. The zero-order valence-electron chi connectivity index (χ0n) is 42.3. The van der Waals surface area contributed by atoms with Crippen molar-refractivity contribution in [3.05, 3.63) is 24.3 Å². The summed E-state index contributed by atoms with van der Waals surface area (Å²) in [4.78, 5) is 24.4. The molecule has 0 rings (SSSR count). The standard InChI is InChI=1S/C57H109NO5/c1-3-5-7-9-11-13-15-16-17-18-19-20-21-23-26-30-33-37-41-45-49-55(60)54(53-59)58-56(61)50-46-42-38-34-31-27-24-22-25-28-32-36-40-44-48-52-63-57(62)51-47-43-39-35-29-14-12-10-8-6-4-2/h10,12,45,49,54-55,59-60H,3-9,11,13-44,46-48,50-53H2,1-2H3,(H,58,61)/b12-10-,49-45+. The molecular formula is C57H109NO5. The normalized spacial score (nSPS) is 12.8. The Kier molecular flexibility index (Phi) is 51.6. The summed E-state index contributed by atoms with van der Waals surface area (Å²) in [5.41, 5.74) is 0. The lowest BCUT2D eigenvalue weighted by Crippen LogP contribution is -2.45. The van der Waals surface area contributed by atoms with Crippen molar-refractivity contribution < 1.29 is 24.5 Å². The fourth-order valence-electron chi connectivity index (χ4n) is 8.62. The van der Waals surface area contributed by atoms with Crippen LogP contribution in [0.2, 0.25) is 0 Å². The van der Waals surface area contributed by atoms with Gasteiger partial charge in [-0.2, -0.15) is 0 Å². The Morgan fingerprint density at radius 2 is 0.762 bits per heavy atom. The summed E-state index contributed by atoms with van der Waals surface area (Å²) >= 11 is 0. The van der Waals surface area contributed by atoms with Crippen molar-refractivity contribution in [1.29, 1.82) is 0 Å². The van der Waals surface area contributed by atoms with Gasteiger partial charge in [0.2, 0.25) is 5.91 Å². The number of rotatable bonds is 52. The molecule has 372 valence electrons. The van der Waals surface area contributed by atoms with Crippen LogP contribution in [0, 0.1) is 0 Å². The second-order valence-electron chi connectivity index (χ2n) is 19.3. The molecule has 1 amide bonds. The number of allylic oxidation sites excluding steroid dienone is 3. The first-order valence-electron chi connectivity index (χ1n) is 28.1. The molecule has 0 spiro atoms. The van der Waals surface area contributed by atoms with Gasteiger partial charge >= 0.3 is 5.97 Å². The van der Waals surface area contributed by atoms with Crippen LogP contribution < -0.4 is 5.32 Å². The van der Waals surface area contributed by atoms with Crippen LogP contribution in [0.4, 0.5) is 0 Å². The van der Waals surface area contributed by atoms with E-state index in [0.29, 0.717) is 19.4 Å². The van der Waals surface area contributed by atoms with Crippen LogP contribution in [0.1, 0.15) is 303 Å². The van der Waals surface area contributed by atoms with Crippen molar-refractivity contribution in [3.63, 3.8) is 0 Å². The van der Waals surface area contributed by atoms with Gasteiger partial charge in [-0.05, 0) is 51.4 Å². The van der Waals surface area contributed by atoms with Gasteiger partial charge in [-0.3, -0.25) is 9.59 Å². The number of unbranched alkanes of at least 4 members (excludes halogenated alkanes) is 39. The number of nitrogens with one attached hydrogen (secondary N) is 1. The zero-order valence-corrected chi connectivity index (χ0v) is 42.3. The maximum atomic E-state index is 12.5. The first-order chi connectivity index (χ1) is 31.0. The molecule has 2 unspecified atom stereocenters. The highest BCUT2D eigenvalue weighted by molar-refractivity contribution is 5.76. The second kappa shape index (κ2) is 53.0. The molecule has 0 saturated carbocycles. The van der Waals surface area contributed by atoms with Crippen LogP contribution in [-0.4, -0.2) is 47.4 Å². The molecule has 0 aromatic carbocycles. The number of aliphatic hydroxyl groups excluding tert-OH is 2. The van der Waals surface area contributed by atoms with E-state index in [1.807, 2.05) is 6.08 Å². The number of amides is 1. The average Bonchev–Trinajstić information content (AvgIpc) is 3.28. The fraction of sp³-hybridized carbons (Fsp3) is 0.895. The monoisotopic (exact) mass is 888 g/mol. The summed E-state index contributed by atoms with van der Waals surface area (Å²) in [5, 5.41) is 23.2. The van der Waals surface area contributed by atoms with Gasteiger partial charge < -0.3 is 20.3 Å². The molecule has 0 bridgehead atoms. The molecule has 0 aromatic rings. The van der Waals surface area contributed by atoms with E-state index in [9.17, 15) is 19.8 Å². The van der Waals surface area contributed by atoms with Crippen LogP contribution in [0.15, 0.2) is 24.3 Å². The molecule has 0 saturated heterocycles. The van der Waals surface area contributed by atoms with Gasteiger partial charge in [-0.25, -0.2) is 0 Å². The van der Waals surface area contributed by atoms with Crippen molar-refractivity contribution in [2.24, 2.45) is 0 Å². The molecular weight excluding hydrogens is 779 g/mol. The predicted molar refractivity (Wildman–Crippen MR) is 273 cm³/mol. The SMILES string of the molecule is CCCC/C=C\CCCCCCCC(=O)OCCCCCCCCCCCCCCCCCC(=O)NC(CO)C(O)/C=C/CCCCCCCCCCCCCCCCCCCC. The number of aliphatic hydroxyl groups is 2. The summed E-state index contributed by atoms with van der Waals surface area (Å²) in [6.07, 6.45) is 63.3. The predicted octanol–water partition coefficient (Wildman–Crippen LogP) is 17.1. The zero-order chi connectivity index (χ0) is 45.8. The van der Waals surface area contributed by atoms with E-state index in [-0.39, 0.29) is 18.5 Å². The Labute approximate surface area is 392 Å². The van der Waals surface area contributed by atoms with E-state index in [4.69, 9.17) is 4.74 Å². The Hall–Kier alpha value is -1.66. The molecule has 6 nitrogen and oxygen atoms in total. The Morgan fingerprint density at radius 3 is 1.17 bits per heavy atom. The van der Waals surface area contributed by atoms with Gasteiger partial charge in [0.25, 0.3) is 0 Å². The third-order valence-electron chi connectivity index (χ3n) is 13.0. The average molecular weight is 889 g/mol. The molecule has 6 heteroatoms. The van der Waals surface area contributed by atoms with Gasteiger partial charge in [-0.15, -0.1) is 0 Å². The minimum atomic E-state index is -0.851. The van der Waals surface area contributed by atoms with Gasteiger partial charge in [0.1, 0.15) is 0 Å². The van der Waals surface area contributed by atoms with E-state index in [0.717, 1.165) is 51.4 Å². The number of esters is 1. The lowest BCUT2D eigenvalue weighted by atomic mass is 10.0. The number of ether oxygens (including phenoxy) is 1. The topological polar surface area (TPSA) is 95.9 Å². The number of carbonyl (C=O) groups excluding carboxylic acids is 2. The van der Waals surface area contributed by atoms with Gasteiger partial charge in [0.05, 0.1) is 25.4 Å². The molecule has 2 atom stereocenters. The van der Waals surface area contributed by atoms with Crippen LogP contribution in [0.5, 0.6) is 0 Å². The van der Waals surface area contributed by atoms with Crippen molar-refractivity contribution in [1.82, 2.24) is 5.32 Å². The first-order valence-corrected chi connectivity index (χ1v) is 28.1. The number of hydrogen-bond donors (Lipinski definition) is 3. The van der Waals surface area contributed by atoms with Crippen molar-refractivity contribution in [3.8, 4) is 0 Å². The largest absolute Gasteiger partial charge is 0.466 e. The van der Waals surface area contributed by atoms with E-state index >= 15 is 0 Å². The fourth-order valence-corrected chi connectivity index (χ4v) is 8.62. The Balaban J connectivity index is 3.48. The van der Waals surface area contributed by atoms with E-state index in [2.05, 4.69) is 31.3 Å². The number of carbonyl (C=O) groups is 2. The van der Waals surface area contributed by atoms with Gasteiger partial charge in [0, 0.05) is 12.8 Å². The maximum absolute atomic E-state index is 12.5. The van der Waals surface area contributed by atoms with Gasteiger partial charge in [0.15, 0.2) is 0 Å². The highest BCUT2D eigenvalue weighted by Gasteiger charge is 2.18. The van der Waals surface area contributed by atoms with Crippen molar-refractivity contribution >= 4 is 11.9 Å². The molecule has 0 fully saturated rings. The van der Waals surface area contributed by atoms with Crippen LogP contribution in [-0.2, 0) is 14.3 Å². The lowest BCUT2D eigenvalue weighted by Gasteiger charge is -2.20. The summed E-state index contributed by atoms with van der Waals surface area (Å²) in [6.45, 7) is 4.86. The lowest BCUT2D eigenvalue weighted by molar-refractivity contribution is -0.143. The Bertz CT molecular complexity index is 982. The molecule has 0 aromatic heterocycles. The smallest absolute Gasteiger partial charge is 0.305 e. The molecule has 3 N–H and O–H groups in total. The van der Waals surface area contributed by atoms with Crippen LogP contribution in [0.25, 0.3) is 0 Å². The molecule has 0 aliphatic heterocycles. The second-order valence-corrected chi connectivity index (χ2v) is 19.3. The third kappa shape index (κ3) is 49.6.